The van der Waals surface area contributed by atoms with Crippen LogP contribution >= 0.6 is 15.9 Å². The molecule has 0 bridgehead atoms. The first-order valence-electron chi connectivity index (χ1n) is 18.8. The van der Waals surface area contributed by atoms with E-state index in [-0.39, 0.29) is 17.8 Å². The summed E-state index contributed by atoms with van der Waals surface area (Å²) < 4.78 is 14.1. The van der Waals surface area contributed by atoms with Crippen molar-refractivity contribution >= 4 is 45.2 Å². The summed E-state index contributed by atoms with van der Waals surface area (Å²) in [4.78, 5) is 43.5. The van der Waals surface area contributed by atoms with E-state index in [1.807, 2.05) is 44.3 Å². The van der Waals surface area contributed by atoms with Gasteiger partial charge in [-0.05, 0) is 111 Å². The van der Waals surface area contributed by atoms with E-state index in [1.165, 1.54) is 27.2 Å². The molecule has 4 heterocycles. The number of aliphatic imine (C=N–C) groups is 2. The van der Waals surface area contributed by atoms with Crippen LogP contribution in [0.1, 0.15) is 66.0 Å². The minimum Gasteiger partial charge on any atom is -0.483 e. The molecule has 0 aromatic heterocycles. The van der Waals surface area contributed by atoms with Gasteiger partial charge in [-0.1, -0.05) is 70.5 Å². The Morgan fingerprint density at radius 1 is 0.691 bits per heavy atom. The van der Waals surface area contributed by atoms with Gasteiger partial charge in [0.2, 0.25) is 11.1 Å². The third-order valence-electron chi connectivity index (χ3n) is 12.8. The highest BCUT2D eigenvalue weighted by Gasteiger charge is 2.69. The number of aryl methyl sites for hydroxylation is 4. The fourth-order valence-corrected chi connectivity index (χ4v) is 10.2. The van der Waals surface area contributed by atoms with Crippen molar-refractivity contribution in [1.29, 1.82) is 0 Å². The van der Waals surface area contributed by atoms with Crippen LogP contribution in [0.4, 0.5) is 5.69 Å². The van der Waals surface area contributed by atoms with E-state index in [1.54, 1.807) is 30.1 Å². The predicted octanol–water partition coefficient (Wildman–Crippen LogP) is 7.17. The average molecular weight is 798 g/mol. The Labute approximate surface area is 329 Å². The molecule has 11 heteroatoms. The van der Waals surface area contributed by atoms with Crippen LogP contribution in [-0.4, -0.2) is 58.7 Å². The molecule has 0 saturated carbocycles. The van der Waals surface area contributed by atoms with Crippen LogP contribution in [0.3, 0.4) is 0 Å². The van der Waals surface area contributed by atoms with Gasteiger partial charge in [-0.25, -0.2) is 14.8 Å². The largest absolute Gasteiger partial charge is 0.483 e. The second kappa shape index (κ2) is 12.5. The lowest BCUT2D eigenvalue weighted by Gasteiger charge is -2.38. The number of ether oxygens (including phenoxy) is 2. The fraction of sp³-hybridized carbons (Fsp3) is 0.341. The summed E-state index contributed by atoms with van der Waals surface area (Å²) in [7, 11) is 3.46. The first-order valence-corrected chi connectivity index (χ1v) is 19.6. The van der Waals surface area contributed by atoms with Gasteiger partial charge in [0.1, 0.15) is 28.5 Å². The topological polar surface area (TPSA) is 114 Å². The number of carbonyl (C=O) groups is 2. The average Bonchev–Trinajstić information content (AvgIpc) is 3.66. The van der Waals surface area contributed by atoms with Crippen molar-refractivity contribution in [2.24, 2.45) is 15.7 Å². The third kappa shape index (κ3) is 4.89. The number of hydrogen-bond acceptors (Lipinski definition) is 7. The zero-order valence-corrected chi connectivity index (χ0v) is 32.7. The van der Waals surface area contributed by atoms with Gasteiger partial charge in [0, 0.05) is 29.7 Å². The van der Waals surface area contributed by atoms with Gasteiger partial charge in [-0.3, -0.25) is 14.5 Å². The Balaban J connectivity index is 0.000000144. The van der Waals surface area contributed by atoms with Gasteiger partial charge >= 0.3 is 0 Å². The molecule has 0 radical (unpaired) electrons. The normalized spacial score (nSPS) is 24.8. The maximum absolute atomic E-state index is 13.6. The Hall–Kier alpha value is -5.47. The maximum Gasteiger partial charge on any atom is 0.265 e. The summed E-state index contributed by atoms with van der Waals surface area (Å²) in [6.07, 6.45) is 6.23. The number of nitrogens with zero attached hydrogens (tertiary/aromatic N) is 5. The van der Waals surface area contributed by atoms with Crippen molar-refractivity contribution in [3.63, 3.8) is 0 Å². The van der Waals surface area contributed by atoms with E-state index in [9.17, 15) is 9.59 Å². The summed E-state index contributed by atoms with van der Waals surface area (Å²) in [5, 5.41) is 0. The Bertz CT molecular complexity index is 2360. The van der Waals surface area contributed by atoms with E-state index in [0.717, 1.165) is 60.1 Å². The molecule has 4 aromatic carbocycles. The highest BCUT2D eigenvalue weighted by atomic mass is 79.9. The molecular weight excluding hydrogens is 756 g/mol. The Kier molecular flexibility index (Phi) is 8.03. The number of nitrogens with two attached hydrogens (primary N) is 1. The van der Waals surface area contributed by atoms with E-state index in [0.29, 0.717) is 29.8 Å². The number of halogens is 1. The number of rotatable bonds is 0. The number of likely N-dealkylation sites (N-methyl/N-ethyl adjacent to an activating group) is 2. The highest BCUT2D eigenvalue weighted by molar-refractivity contribution is 9.10. The number of guanidine groups is 1. The first-order chi connectivity index (χ1) is 26.5. The van der Waals surface area contributed by atoms with Crippen molar-refractivity contribution < 1.29 is 19.1 Å². The van der Waals surface area contributed by atoms with Crippen molar-refractivity contribution in [2.45, 2.75) is 80.6 Å². The molecule has 2 aliphatic carbocycles. The molecule has 4 aromatic rings. The van der Waals surface area contributed by atoms with Crippen LogP contribution in [0.15, 0.2) is 99.4 Å². The second-order valence-electron chi connectivity index (χ2n) is 15.4. The zero-order valence-electron chi connectivity index (χ0n) is 31.1. The summed E-state index contributed by atoms with van der Waals surface area (Å²) in [5.74, 6) is 2.18. The summed E-state index contributed by atoms with van der Waals surface area (Å²) >= 11 is 3.57. The number of carbonyl (C=O) groups excluding carboxylic acids is 2. The van der Waals surface area contributed by atoms with Crippen LogP contribution in [-0.2, 0) is 46.4 Å². The number of benzene rings is 4. The fourth-order valence-electron chi connectivity index (χ4n) is 9.85. The summed E-state index contributed by atoms with van der Waals surface area (Å²) in [6.45, 7) is 9.29. The zero-order chi connectivity index (χ0) is 38.3. The van der Waals surface area contributed by atoms with Crippen molar-refractivity contribution in [3.8, 4) is 11.5 Å². The van der Waals surface area contributed by atoms with Gasteiger partial charge in [0.05, 0.1) is 6.57 Å². The van der Waals surface area contributed by atoms with Gasteiger partial charge in [-0.2, -0.15) is 0 Å². The number of fused-ring (bicyclic) bond motifs is 8. The molecule has 55 heavy (non-hydrogen) atoms. The van der Waals surface area contributed by atoms with E-state index in [4.69, 9.17) is 31.8 Å². The first kappa shape index (κ1) is 35.2. The highest BCUT2D eigenvalue weighted by Crippen LogP contribution is 2.59. The van der Waals surface area contributed by atoms with Crippen LogP contribution in [0.2, 0.25) is 0 Å². The molecule has 10 nitrogen and oxygen atoms in total. The molecule has 4 aliphatic heterocycles. The van der Waals surface area contributed by atoms with Crippen LogP contribution < -0.4 is 15.2 Å². The third-order valence-corrected chi connectivity index (χ3v) is 13.3. The van der Waals surface area contributed by atoms with Gasteiger partial charge in [0.15, 0.2) is 11.6 Å². The van der Waals surface area contributed by atoms with Crippen LogP contribution in [0.25, 0.3) is 4.85 Å². The molecule has 2 atom stereocenters. The second-order valence-corrected chi connectivity index (χ2v) is 16.4. The maximum atomic E-state index is 13.6. The Morgan fingerprint density at radius 2 is 1.15 bits per heavy atom. The SMILES string of the molecule is CC1=NC2(C(=O)N1C)c1cc(Br)ccc1OC21CCc2ccccc2CC1.[C-]#[N+]c1ccc2c(c1)C1(N=C(N)N(C)C1=O)C1(CCc3ccccc3CC1)O2. The number of amides is 2. The van der Waals surface area contributed by atoms with Crippen molar-refractivity contribution in [2.75, 3.05) is 14.1 Å². The molecule has 2 N–H and O–H groups in total. The molecule has 6 aliphatic rings. The summed E-state index contributed by atoms with van der Waals surface area (Å²) in [5.41, 5.74) is 9.68. The van der Waals surface area contributed by atoms with Gasteiger partial charge in [0.25, 0.3) is 11.8 Å². The predicted molar refractivity (Wildman–Crippen MR) is 213 cm³/mol. The molecule has 10 rings (SSSR count). The van der Waals surface area contributed by atoms with Crippen molar-refractivity contribution in [1.82, 2.24) is 9.80 Å². The molecule has 2 amide bonds. The lowest BCUT2D eigenvalue weighted by molar-refractivity contribution is -0.138. The molecular formula is C44H41BrN6O4. The lowest BCUT2D eigenvalue weighted by atomic mass is 9.72. The van der Waals surface area contributed by atoms with Gasteiger partial charge < -0.3 is 20.1 Å². The molecule has 0 fully saturated rings. The van der Waals surface area contributed by atoms with Crippen molar-refractivity contribution in [3.05, 3.63) is 134 Å². The molecule has 278 valence electrons. The monoisotopic (exact) mass is 796 g/mol. The van der Waals surface area contributed by atoms with E-state index in [2.05, 4.69) is 57.2 Å². The molecule has 0 saturated heterocycles. The standard InChI is InChI=1S/C22H21BrN2O2.C22H20N4O2/c1-14-24-22(20(26)25(14)2)18-13-17(23)7-8-19(18)27-21(22)11-9-15-5-3-4-6-16(15)10-12-21;1-24-16-7-8-18-17(13-16)22(19(27)26(2)20(23)25-22)21(28-18)11-9-14-5-3-4-6-15(14)10-12-21/h3-8,13H,9-12H2,1-2H3;3-8,13H,9-12H2,2H3,(H2,23,25). The van der Waals surface area contributed by atoms with Crippen LogP contribution in [0.5, 0.6) is 11.5 Å². The van der Waals surface area contributed by atoms with E-state index < -0.39 is 22.3 Å². The molecule has 4 spiro atoms. The quantitative estimate of drug-likeness (QED) is 0.190. The van der Waals surface area contributed by atoms with Gasteiger partial charge in [-0.15, -0.1) is 0 Å². The minimum absolute atomic E-state index is 0.0165. The number of amidine groups is 1. The minimum atomic E-state index is -1.23. The smallest absolute Gasteiger partial charge is 0.265 e. The number of hydrogen-bond donors (Lipinski definition) is 1. The lowest BCUT2D eigenvalue weighted by Crippen LogP contribution is -2.56. The molecule has 2 unspecified atom stereocenters. The summed E-state index contributed by atoms with van der Waals surface area (Å²) in [6, 6.07) is 28.1. The van der Waals surface area contributed by atoms with Crippen LogP contribution in [0, 0.1) is 6.57 Å². The van der Waals surface area contributed by atoms with E-state index >= 15 is 0 Å². The Morgan fingerprint density at radius 3 is 1.58 bits per heavy atom.